The summed E-state index contributed by atoms with van der Waals surface area (Å²) in [6, 6.07) is 11.2. The molecule has 0 amide bonds. The Morgan fingerprint density at radius 3 is 2.93 bits per heavy atom. The molecule has 0 aliphatic rings. The zero-order chi connectivity index (χ0) is 19.1. The van der Waals surface area contributed by atoms with Crippen molar-refractivity contribution in [3.05, 3.63) is 59.2 Å². The number of nitrogens with zero attached hydrogens (tertiary/aromatic N) is 5. The molecule has 4 heterocycles. The van der Waals surface area contributed by atoms with Crippen molar-refractivity contribution in [3.8, 4) is 39.2 Å². The van der Waals surface area contributed by atoms with Gasteiger partial charge in [-0.3, -0.25) is 0 Å². The van der Waals surface area contributed by atoms with E-state index in [2.05, 4.69) is 20.2 Å². The van der Waals surface area contributed by atoms with Crippen LogP contribution in [0.15, 0.2) is 58.7 Å². The van der Waals surface area contributed by atoms with E-state index in [0.717, 1.165) is 10.6 Å². The third-order valence-electron chi connectivity index (χ3n) is 4.23. The summed E-state index contributed by atoms with van der Waals surface area (Å²) in [5.41, 5.74) is 2.88. The molecule has 0 fully saturated rings. The normalized spacial score (nSPS) is 11.2. The molecule has 0 spiro atoms. The Kier molecular flexibility index (Phi) is 4.07. The van der Waals surface area contributed by atoms with Crippen LogP contribution in [0.5, 0.6) is 5.75 Å². The number of aromatic nitrogens is 5. The predicted octanol–water partition coefficient (Wildman–Crippen LogP) is 4.84. The minimum atomic E-state index is 0.322. The summed E-state index contributed by atoms with van der Waals surface area (Å²) in [7, 11) is 1.58. The fourth-order valence-corrected chi connectivity index (χ4v) is 3.86. The van der Waals surface area contributed by atoms with Crippen molar-refractivity contribution in [1.29, 1.82) is 0 Å². The lowest BCUT2D eigenvalue weighted by Gasteiger charge is -2.04. The van der Waals surface area contributed by atoms with Gasteiger partial charge in [0.15, 0.2) is 5.65 Å². The second-order valence-electron chi connectivity index (χ2n) is 5.87. The zero-order valence-corrected chi connectivity index (χ0v) is 16.1. The van der Waals surface area contributed by atoms with Gasteiger partial charge in [-0.1, -0.05) is 22.8 Å². The molecule has 0 bridgehead atoms. The van der Waals surface area contributed by atoms with Crippen molar-refractivity contribution in [3.63, 3.8) is 0 Å². The SMILES string of the molecule is COc1ccc(Cl)cc1-c1noc(-c2cnn3c(-c4cccs4)ccnc23)n1. The Bertz CT molecular complexity index is 1280. The number of methoxy groups -OCH3 is 1. The zero-order valence-electron chi connectivity index (χ0n) is 14.5. The molecule has 0 aliphatic carbocycles. The first kappa shape index (κ1) is 16.9. The monoisotopic (exact) mass is 409 g/mol. The maximum Gasteiger partial charge on any atom is 0.263 e. The van der Waals surface area contributed by atoms with E-state index in [1.54, 1.807) is 53.6 Å². The van der Waals surface area contributed by atoms with E-state index in [4.69, 9.17) is 20.9 Å². The van der Waals surface area contributed by atoms with E-state index in [0.29, 0.717) is 39.3 Å². The molecule has 0 unspecified atom stereocenters. The minimum Gasteiger partial charge on any atom is -0.496 e. The number of ether oxygens (including phenoxy) is 1. The summed E-state index contributed by atoms with van der Waals surface area (Å²) in [6.07, 6.45) is 3.42. The first-order valence-electron chi connectivity index (χ1n) is 8.29. The van der Waals surface area contributed by atoms with Gasteiger partial charge in [-0.15, -0.1) is 11.3 Å². The minimum absolute atomic E-state index is 0.322. The highest BCUT2D eigenvalue weighted by atomic mass is 35.5. The lowest BCUT2D eigenvalue weighted by atomic mass is 10.2. The Balaban J connectivity index is 1.61. The van der Waals surface area contributed by atoms with E-state index >= 15 is 0 Å². The van der Waals surface area contributed by atoms with Crippen LogP contribution in [-0.4, -0.2) is 31.8 Å². The largest absolute Gasteiger partial charge is 0.496 e. The van der Waals surface area contributed by atoms with Crippen molar-refractivity contribution in [2.45, 2.75) is 0 Å². The lowest BCUT2D eigenvalue weighted by molar-refractivity contribution is 0.413. The molecule has 4 aromatic heterocycles. The average Bonchev–Trinajstić information content (AvgIpc) is 3.47. The van der Waals surface area contributed by atoms with Gasteiger partial charge in [0.1, 0.15) is 11.3 Å². The van der Waals surface area contributed by atoms with E-state index in [1.165, 1.54) is 0 Å². The molecule has 5 rings (SSSR count). The highest BCUT2D eigenvalue weighted by Gasteiger charge is 2.19. The highest BCUT2D eigenvalue weighted by molar-refractivity contribution is 7.13. The second kappa shape index (κ2) is 6.74. The molecule has 0 radical (unpaired) electrons. The first-order valence-corrected chi connectivity index (χ1v) is 9.55. The van der Waals surface area contributed by atoms with Gasteiger partial charge in [-0.25, -0.2) is 9.50 Å². The van der Waals surface area contributed by atoms with Crippen molar-refractivity contribution in [2.75, 3.05) is 7.11 Å². The number of fused-ring (bicyclic) bond motifs is 1. The maximum atomic E-state index is 6.11. The lowest BCUT2D eigenvalue weighted by Crippen LogP contribution is -1.94. The third kappa shape index (κ3) is 2.74. The maximum absolute atomic E-state index is 6.11. The molecule has 9 heteroatoms. The predicted molar refractivity (Wildman–Crippen MR) is 107 cm³/mol. The van der Waals surface area contributed by atoms with E-state index in [-0.39, 0.29) is 0 Å². The smallest absolute Gasteiger partial charge is 0.263 e. The van der Waals surface area contributed by atoms with Crippen molar-refractivity contribution >= 4 is 28.6 Å². The molecule has 0 saturated carbocycles. The molecule has 0 N–H and O–H groups in total. The van der Waals surface area contributed by atoms with Crippen LogP contribution in [-0.2, 0) is 0 Å². The van der Waals surface area contributed by atoms with Crippen LogP contribution < -0.4 is 4.74 Å². The third-order valence-corrected chi connectivity index (χ3v) is 5.36. The quantitative estimate of drug-likeness (QED) is 0.422. The molecule has 0 saturated heterocycles. The number of hydrogen-bond acceptors (Lipinski definition) is 7. The molecule has 0 atom stereocenters. The summed E-state index contributed by atoms with van der Waals surface area (Å²) in [4.78, 5) is 10.1. The van der Waals surface area contributed by atoms with Gasteiger partial charge in [-0.05, 0) is 35.7 Å². The number of halogens is 1. The number of hydrogen-bond donors (Lipinski definition) is 0. The molecule has 7 nitrogen and oxygen atoms in total. The summed E-state index contributed by atoms with van der Waals surface area (Å²) in [5, 5.41) is 11.1. The van der Waals surface area contributed by atoms with Crippen LogP contribution in [0.25, 0.3) is 39.1 Å². The number of thiophene rings is 1. The van der Waals surface area contributed by atoms with Gasteiger partial charge >= 0.3 is 0 Å². The Morgan fingerprint density at radius 1 is 1.18 bits per heavy atom. The van der Waals surface area contributed by atoms with Gasteiger partial charge in [0, 0.05) is 11.2 Å². The summed E-state index contributed by atoms with van der Waals surface area (Å²) >= 11 is 7.75. The highest BCUT2D eigenvalue weighted by Crippen LogP contribution is 2.33. The average molecular weight is 410 g/mol. The summed E-state index contributed by atoms with van der Waals surface area (Å²) in [6.45, 7) is 0. The van der Waals surface area contributed by atoms with Gasteiger partial charge in [0.2, 0.25) is 5.82 Å². The van der Waals surface area contributed by atoms with E-state index < -0.39 is 0 Å². The molecule has 28 heavy (non-hydrogen) atoms. The van der Waals surface area contributed by atoms with Crippen molar-refractivity contribution in [1.82, 2.24) is 24.7 Å². The summed E-state index contributed by atoms with van der Waals surface area (Å²) < 4.78 is 12.6. The van der Waals surface area contributed by atoms with Crippen molar-refractivity contribution in [2.24, 2.45) is 0 Å². The van der Waals surface area contributed by atoms with Crippen molar-refractivity contribution < 1.29 is 9.26 Å². The topological polar surface area (TPSA) is 78.3 Å². The second-order valence-corrected chi connectivity index (χ2v) is 7.25. The number of rotatable bonds is 4. The van der Waals surface area contributed by atoms with Crippen LogP contribution in [0, 0.1) is 0 Å². The van der Waals surface area contributed by atoms with Gasteiger partial charge in [-0.2, -0.15) is 10.1 Å². The van der Waals surface area contributed by atoms with Crippen LogP contribution in [0.4, 0.5) is 0 Å². The Labute approximate surface area is 168 Å². The van der Waals surface area contributed by atoms with E-state index in [1.807, 2.05) is 23.6 Å². The fourth-order valence-electron chi connectivity index (χ4n) is 2.95. The molecule has 5 aromatic rings. The van der Waals surface area contributed by atoms with Crippen LogP contribution in [0.3, 0.4) is 0 Å². The van der Waals surface area contributed by atoms with Crippen LogP contribution in [0.2, 0.25) is 5.02 Å². The fraction of sp³-hybridized carbons (Fsp3) is 0.0526. The molecular weight excluding hydrogens is 398 g/mol. The Hall–Kier alpha value is -3.23. The summed E-state index contributed by atoms with van der Waals surface area (Å²) in [5.74, 6) is 1.31. The van der Waals surface area contributed by atoms with E-state index in [9.17, 15) is 0 Å². The standard InChI is InChI=1S/C19H12ClN5O2S/c1-26-15-5-4-11(20)9-12(15)17-23-19(27-24-17)13-10-22-25-14(6-7-21-18(13)25)16-3-2-8-28-16/h2-10H,1H3. The molecule has 138 valence electrons. The van der Waals surface area contributed by atoms with Crippen LogP contribution in [0.1, 0.15) is 0 Å². The first-order chi connectivity index (χ1) is 13.7. The molecule has 1 aromatic carbocycles. The molecular formula is C19H12ClN5O2S. The van der Waals surface area contributed by atoms with Gasteiger partial charge < -0.3 is 9.26 Å². The molecule has 0 aliphatic heterocycles. The Morgan fingerprint density at radius 2 is 2.11 bits per heavy atom. The van der Waals surface area contributed by atoms with Gasteiger partial charge in [0.05, 0.1) is 29.4 Å². The van der Waals surface area contributed by atoms with Crippen LogP contribution >= 0.6 is 22.9 Å². The van der Waals surface area contributed by atoms with Gasteiger partial charge in [0.25, 0.3) is 5.89 Å². The number of benzene rings is 1.